The molecule has 0 bridgehead atoms. The molecule has 0 atom stereocenters. The van der Waals surface area contributed by atoms with Crippen LogP contribution in [0.5, 0.6) is 0 Å². The van der Waals surface area contributed by atoms with Gasteiger partial charge in [0.05, 0.1) is 22.5 Å². The molecule has 1 aliphatic carbocycles. The van der Waals surface area contributed by atoms with Crippen molar-refractivity contribution < 1.29 is 13.6 Å². The SMILES string of the molecule is O=C(NCc1coc(-c2cccs2)n1)C1(c2ccc(F)cc2)CC1. The molecule has 24 heavy (non-hydrogen) atoms. The zero-order valence-corrected chi connectivity index (χ0v) is 13.6. The van der Waals surface area contributed by atoms with Gasteiger partial charge in [0, 0.05) is 0 Å². The van der Waals surface area contributed by atoms with E-state index in [9.17, 15) is 9.18 Å². The Bertz CT molecular complexity index is 852. The smallest absolute Gasteiger partial charge is 0.236 e. The monoisotopic (exact) mass is 342 g/mol. The minimum atomic E-state index is -0.520. The molecule has 6 heteroatoms. The number of thiophene rings is 1. The summed E-state index contributed by atoms with van der Waals surface area (Å²) in [6, 6.07) is 10.0. The largest absolute Gasteiger partial charge is 0.443 e. The van der Waals surface area contributed by atoms with Crippen LogP contribution in [0.3, 0.4) is 0 Å². The van der Waals surface area contributed by atoms with E-state index in [1.54, 1.807) is 29.7 Å². The number of hydrogen-bond donors (Lipinski definition) is 1. The molecular weight excluding hydrogens is 327 g/mol. The molecule has 4 rings (SSSR count). The zero-order valence-electron chi connectivity index (χ0n) is 12.8. The molecular formula is C18H15FN2O2S. The van der Waals surface area contributed by atoms with E-state index in [0.29, 0.717) is 18.1 Å². The number of halogens is 1. The quantitative estimate of drug-likeness (QED) is 0.765. The molecule has 3 aromatic rings. The predicted molar refractivity (Wildman–Crippen MR) is 89.0 cm³/mol. The average Bonchev–Trinajstić information content (AvgIpc) is 3.00. The number of carbonyl (C=O) groups is 1. The van der Waals surface area contributed by atoms with Gasteiger partial charge in [0.1, 0.15) is 12.1 Å². The summed E-state index contributed by atoms with van der Waals surface area (Å²) in [6.45, 7) is 0.316. The number of carbonyl (C=O) groups excluding carboxylic acids is 1. The Morgan fingerprint density at radius 3 is 2.75 bits per heavy atom. The second-order valence-corrected chi connectivity index (χ2v) is 6.84. The highest BCUT2D eigenvalue weighted by atomic mass is 32.1. The number of nitrogens with zero attached hydrogens (tertiary/aromatic N) is 1. The molecule has 0 aliphatic heterocycles. The first-order valence-electron chi connectivity index (χ1n) is 7.70. The van der Waals surface area contributed by atoms with E-state index < -0.39 is 5.41 Å². The molecule has 0 saturated heterocycles. The molecule has 1 aromatic carbocycles. The molecule has 122 valence electrons. The molecule has 1 amide bonds. The van der Waals surface area contributed by atoms with Crippen LogP contribution in [0, 0.1) is 5.82 Å². The van der Waals surface area contributed by atoms with Gasteiger partial charge in [0.15, 0.2) is 0 Å². The molecule has 0 unspecified atom stereocenters. The fourth-order valence-electron chi connectivity index (χ4n) is 2.78. The Kier molecular flexibility index (Phi) is 3.69. The molecule has 0 spiro atoms. The van der Waals surface area contributed by atoms with Crippen LogP contribution >= 0.6 is 11.3 Å². The number of aromatic nitrogens is 1. The molecule has 2 aromatic heterocycles. The number of nitrogens with one attached hydrogen (secondary N) is 1. The van der Waals surface area contributed by atoms with Crippen molar-refractivity contribution in [1.82, 2.24) is 10.3 Å². The van der Waals surface area contributed by atoms with Gasteiger partial charge in [-0.15, -0.1) is 11.3 Å². The first kappa shape index (κ1) is 15.1. The van der Waals surface area contributed by atoms with Gasteiger partial charge in [0.2, 0.25) is 11.8 Å². The number of amides is 1. The lowest BCUT2D eigenvalue weighted by molar-refractivity contribution is -0.123. The molecule has 2 heterocycles. The fourth-order valence-corrected chi connectivity index (χ4v) is 3.44. The van der Waals surface area contributed by atoms with Crippen LogP contribution < -0.4 is 5.32 Å². The van der Waals surface area contributed by atoms with Crippen molar-refractivity contribution in [2.24, 2.45) is 0 Å². The van der Waals surface area contributed by atoms with Gasteiger partial charge in [0.25, 0.3) is 0 Å². The summed E-state index contributed by atoms with van der Waals surface area (Å²) in [5.41, 5.74) is 1.02. The predicted octanol–water partition coefficient (Wildman–Crippen LogP) is 3.89. The Hall–Kier alpha value is -2.47. The van der Waals surface area contributed by atoms with E-state index in [0.717, 1.165) is 23.3 Å². The maximum Gasteiger partial charge on any atom is 0.236 e. The Morgan fingerprint density at radius 1 is 1.29 bits per heavy atom. The first-order chi connectivity index (χ1) is 11.7. The number of rotatable bonds is 5. The number of oxazole rings is 1. The Balaban J connectivity index is 1.43. The summed E-state index contributed by atoms with van der Waals surface area (Å²) in [4.78, 5) is 17.9. The normalized spacial score (nSPS) is 15.2. The van der Waals surface area contributed by atoms with Gasteiger partial charge in [-0.3, -0.25) is 4.79 Å². The fraction of sp³-hybridized carbons (Fsp3) is 0.222. The van der Waals surface area contributed by atoms with Crippen LogP contribution in [0.2, 0.25) is 0 Å². The molecule has 1 fully saturated rings. The van der Waals surface area contributed by atoms with Crippen molar-refractivity contribution in [2.45, 2.75) is 24.8 Å². The van der Waals surface area contributed by atoms with Gasteiger partial charge >= 0.3 is 0 Å². The van der Waals surface area contributed by atoms with Crippen LogP contribution in [0.1, 0.15) is 24.1 Å². The van der Waals surface area contributed by atoms with Crippen molar-refractivity contribution in [2.75, 3.05) is 0 Å². The molecule has 1 aliphatic rings. The summed E-state index contributed by atoms with van der Waals surface area (Å²) in [5, 5.41) is 4.88. The molecule has 4 nitrogen and oxygen atoms in total. The van der Waals surface area contributed by atoms with Gasteiger partial charge in [-0.05, 0) is 42.0 Å². The van der Waals surface area contributed by atoms with Crippen LogP contribution in [0.15, 0.2) is 52.5 Å². The van der Waals surface area contributed by atoms with Crippen LogP contribution in [0.4, 0.5) is 4.39 Å². The zero-order chi connectivity index (χ0) is 16.6. The lowest BCUT2D eigenvalue weighted by atomic mass is 9.95. The van der Waals surface area contributed by atoms with E-state index in [-0.39, 0.29) is 11.7 Å². The Labute approximate surface area is 142 Å². The number of benzene rings is 1. The van der Waals surface area contributed by atoms with E-state index in [4.69, 9.17) is 4.42 Å². The number of hydrogen-bond acceptors (Lipinski definition) is 4. The van der Waals surface area contributed by atoms with E-state index >= 15 is 0 Å². The van der Waals surface area contributed by atoms with Crippen molar-refractivity contribution in [3.05, 3.63) is 65.1 Å². The van der Waals surface area contributed by atoms with Gasteiger partial charge < -0.3 is 9.73 Å². The third-order valence-corrected chi connectivity index (χ3v) is 5.15. The Morgan fingerprint density at radius 2 is 2.08 bits per heavy atom. The second-order valence-electron chi connectivity index (χ2n) is 5.89. The standard InChI is InChI=1S/C18H15FN2O2S/c19-13-5-3-12(4-6-13)18(7-8-18)17(22)20-10-14-11-23-16(21-14)15-2-1-9-24-15/h1-6,9,11H,7-8,10H2,(H,20,22). The minimum absolute atomic E-state index is 0.0465. The summed E-state index contributed by atoms with van der Waals surface area (Å²) in [7, 11) is 0. The van der Waals surface area contributed by atoms with Crippen molar-refractivity contribution >= 4 is 17.2 Å². The lowest BCUT2D eigenvalue weighted by Crippen LogP contribution is -2.34. The highest BCUT2D eigenvalue weighted by molar-refractivity contribution is 7.13. The third kappa shape index (κ3) is 2.73. The molecule has 1 N–H and O–H groups in total. The van der Waals surface area contributed by atoms with Crippen LogP contribution in [-0.2, 0) is 16.8 Å². The average molecular weight is 342 g/mol. The van der Waals surface area contributed by atoms with E-state index in [1.807, 2.05) is 17.5 Å². The molecule has 1 saturated carbocycles. The van der Waals surface area contributed by atoms with Crippen molar-refractivity contribution in [3.63, 3.8) is 0 Å². The van der Waals surface area contributed by atoms with E-state index in [1.165, 1.54) is 12.1 Å². The summed E-state index contributed by atoms with van der Waals surface area (Å²) >= 11 is 1.55. The minimum Gasteiger partial charge on any atom is -0.443 e. The van der Waals surface area contributed by atoms with Gasteiger partial charge in [-0.2, -0.15) is 0 Å². The first-order valence-corrected chi connectivity index (χ1v) is 8.58. The summed E-state index contributed by atoms with van der Waals surface area (Å²) < 4.78 is 18.5. The maximum atomic E-state index is 13.1. The van der Waals surface area contributed by atoms with Crippen molar-refractivity contribution in [1.29, 1.82) is 0 Å². The molecule has 0 radical (unpaired) electrons. The highest BCUT2D eigenvalue weighted by Crippen LogP contribution is 2.48. The lowest BCUT2D eigenvalue weighted by Gasteiger charge is -2.15. The van der Waals surface area contributed by atoms with Crippen molar-refractivity contribution in [3.8, 4) is 10.8 Å². The second kappa shape index (κ2) is 5.87. The van der Waals surface area contributed by atoms with Crippen LogP contribution in [0.25, 0.3) is 10.8 Å². The third-order valence-electron chi connectivity index (χ3n) is 4.30. The van der Waals surface area contributed by atoms with Crippen LogP contribution in [-0.4, -0.2) is 10.9 Å². The highest BCUT2D eigenvalue weighted by Gasteiger charge is 2.51. The van der Waals surface area contributed by atoms with Gasteiger partial charge in [-0.25, -0.2) is 9.37 Å². The maximum absolute atomic E-state index is 13.1. The summed E-state index contributed by atoms with van der Waals surface area (Å²) in [6.07, 6.45) is 3.13. The van der Waals surface area contributed by atoms with E-state index in [2.05, 4.69) is 10.3 Å². The topological polar surface area (TPSA) is 55.1 Å². The summed E-state index contributed by atoms with van der Waals surface area (Å²) in [5.74, 6) is 0.224. The van der Waals surface area contributed by atoms with Gasteiger partial charge in [-0.1, -0.05) is 18.2 Å².